The smallest absolute Gasteiger partial charge is 0.158 e. The van der Waals surface area contributed by atoms with Crippen molar-refractivity contribution in [3.8, 4) is 17.5 Å². The first-order chi connectivity index (χ1) is 15.3. The Balaban J connectivity index is 1.39. The zero-order valence-electron chi connectivity index (χ0n) is 16.8. The van der Waals surface area contributed by atoms with Crippen LogP contribution in [0.5, 0.6) is 0 Å². The lowest BCUT2D eigenvalue weighted by Crippen LogP contribution is -2.42. The van der Waals surface area contributed by atoms with Gasteiger partial charge in [0.1, 0.15) is 23.3 Å². The van der Waals surface area contributed by atoms with E-state index in [9.17, 15) is 0 Å². The van der Waals surface area contributed by atoms with Crippen molar-refractivity contribution in [1.82, 2.24) is 35.3 Å². The van der Waals surface area contributed by atoms with Crippen molar-refractivity contribution in [3.05, 3.63) is 36.4 Å². The van der Waals surface area contributed by atoms with Gasteiger partial charge in [0.15, 0.2) is 11.5 Å². The third kappa shape index (κ3) is 4.60. The van der Waals surface area contributed by atoms with E-state index in [1.807, 2.05) is 29.1 Å². The summed E-state index contributed by atoms with van der Waals surface area (Å²) in [5.74, 6) is 0.986. The molecule has 0 spiro atoms. The number of aromatic nitrogens is 6. The van der Waals surface area contributed by atoms with E-state index in [4.69, 9.17) is 10.00 Å². The fourth-order valence-corrected chi connectivity index (χ4v) is 3.34. The van der Waals surface area contributed by atoms with E-state index < -0.39 is 0 Å². The number of anilines is 3. The molecule has 0 aromatic carbocycles. The second-order valence-electron chi connectivity index (χ2n) is 7.51. The molecule has 1 aliphatic heterocycles. The summed E-state index contributed by atoms with van der Waals surface area (Å²) < 4.78 is 7.79. The molecule has 4 heterocycles. The zero-order chi connectivity index (χ0) is 21.0. The van der Waals surface area contributed by atoms with E-state index >= 15 is 0 Å². The Kier molecular flexibility index (Phi) is 5.39. The van der Waals surface area contributed by atoms with E-state index in [1.165, 1.54) is 25.2 Å². The number of nitriles is 1. The lowest BCUT2D eigenvalue weighted by Gasteiger charge is -2.24. The number of morpholine rings is 1. The summed E-state index contributed by atoms with van der Waals surface area (Å²) in [6.45, 7) is 2.99. The van der Waals surface area contributed by atoms with Crippen LogP contribution in [0.15, 0.2) is 30.7 Å². The lowest BCUT2D eigenvalue weighted by molar-refractivity contribution is 0.0372. The Hall–Kier alpha value is -3.62. The topological polar surface area (TPSA) is 138 Å². The summed E-state index contributed by atoms with van der Waals surface area (Å²) >= 11 is 0. The lowest BCUT2D eigenvalue weighted by atomic mass is 10.2. The average molecular weight is 418 g/mol. The maximum absolute atomic E-state index is 8.87. The second kappa shape index (κ2) is 8.63. The van der Waals surface area contributed by atoms with Gasteiger partial charge in [0.05, 0.1) is 36.8 Å². The molecule has 3 aromatic rings. The van der Waals surface area contributed by atoms with Crippen molar-refractivity contribution in [2.24, 2.45) is 0 Å². The molecule has 1 unspecified atom stereocenters. The predicted molar refractivity (Wildman–Crippen MR) is 113 cm³/mol. The highest BCUT2D eigenvalue weighted by molar-refractivity contribution is 5.74. The van der Waals surface area contributed by atoms with Gasteiger partial charge in [0.25, 0.3) is 0 Å². The van der Waals surface area contributed by atoms with Crippen molar-refractivity contribution >= 4 is 17.3 Å². The fraction of sp³-hybridized carbons (Fsp3) is 0.400. The van der Waals surface area contributed by atoms with Gasteiger partial charge in [-0.1, -0.05) is 0 Å². The van der Waals surface area contributed by atoms with Gasteiger partial charge in [-0.25, -0.2) is 9.97 Å². The minimum Gasteiger partial charge on any atom is -0.380 e. The highest BCUT2D eigenvalue weighted by Gasteiger charge is 2.25. The monoisotopic (exact) mass is 418 g/mol. The normalized spacial score (nSPS) is 18.4. The number of hydrogen-bond acceptors (Lipinski definition) is 10. The molecule has 31 heavy (non-hydrogen) atoms. The van der Waals surface area contributed by atoms with Gasteiger partial charge in [-0.2, -0.15) is 10.4 Å². The van der Waals surface area contributed by atoms with Gasteiger partial charge >= 0.3 is 0 Å². The van der Waals surface area contributed by atoms with Gasteiger partial charge in [-0.15, -0.1) is 10.2 Å². The van der Waals surface area contributed by atoms with E-state index in [0.717, 1.165) is 24.5 Å². The van der Waals surface area contributed by atoms with Crippen LogP contribution in [0, 0.1) is 11.3 Å². The van der Waals surface area contributed by atoms with Gasteiger partial charge in [-0.05, 0) is 18.9 Å². The van der Waals surface area contributed by atoms with E-state index in [1.54, 1.807) is 0 Å². The maximum atomic E-state index is 8.87. The van der Waals surface area contributed by atoms with Crippen LogP contribution in [-0.2, 0) is 4.74 Å². The van der Waals surface area contributed by atoms with E-state index in [-0.39, 0.29) is 11.8 Å². The summed E-state index contributed by atoms with van der Waals surface area (Å²) in [6.07, 6.45) is 7.28. The van der Waals surface area contributed by atoms with Crippen LogP contribution in [0.4, 0.5) is 17.3 Å². The second-order valence-corrected chi connectivity index (χ2v) is 7.51. The third-order valence-corrected chi connectivity index (χ3v) is 5.11. The Labute approximate surface area is 178 Å². The first kappa shape index (κ1) is 19.3. The molecule has 0 amide bonds. The first-order valence-electron chi connectivity index (χ1n) is 10.3. The van der Waals surface area contributed by atoms with Gasteiger partial charge in [0, 0.05) is 31.9 Å². The largest absolute Gasteiger partial charge is 0.380 e. The molecular formula is C20H22N10O. The SMILES string of the molecule is N#Cc1cnc(Nc2cc(NCC3CNCCO3)c(-c3ccn(C4CC4)n3)nn2)cn1. The fourth-order valence-electron chi connectivity index (χ4n) is 3.34. The van der Waals surface area contributed by atoms with Gasteiger partial charge < -0.3 is 20.7 Å². The molecule has 2 aliphatic rings. The minimum atomic E-state index is 0.0691. The Morgan fingerprint density at radius 1 is 1.23 bits per heavy atom. The van der Waals surface area contributed by atoms with Crippen molar-refractivity contribution in [3.63, 3.8) is 0 Å². The van der Waals surface area contributed by atoms with Crippen LogP contribution >= 0.6 is 0 Å². The van der Waals surface area contributed by atoms with Crippen LogP contribution in [0.1, 0.15) is 24.6 Å². The molecule has 2 fully saturated rings. The summed E-state index contributed by atoms with van der Waals surface area (Å²) in [7, 11) is 0. The molecule has 0 bridgehead atoms. The molecule has 3 aromatic heterocycles. The van der Waals surface area contributed by atoms with Crippen LogP contribution in [0.3, 0.4) is 0 Å². The molecule has 11 nitrogen and oxygen atoms in total. The Morgan fingerprint density at radius 3 is 2.90 bits per heavy atom. The molecule has 3 N–H and O–H groups in total. The van der Waals surface area contributed by atoms with Crippen molar-refractivity contribution in [1.29, 1.82) is 5.26 Å². The van der Waals surface area contributed by atoms with E-state index in [0.29, 0.717) is 36.5 Å². The van der Waals surface area contributed by atoms with Crippen LogP contribution in [-0.4, -0.2) is 62.3 Å². The quantitative estimate of drug-likeness (QED) is 0.517. The maximum Gasteiger partial charge on any atom is 0.158 e. The highest BCUT2D eigenvalue weighted by atomic mass is 16.5. The molecular weight excluding hydrogens is 396 g/mol. The molecule has 158 valence electrons. The van der Waals surface area contributed by atoms with Crippen LogP contribution < -0.4 is 16.0 Å². The highest BCUT2D eigenvalue weighted by Crippen LogP contribution is 2.35. The van der Waals surface area contributed by atoms with Gasteiger partial charge in [-0.3, -0.25) is 4.68 Å². The van der Waals surface area contributed by atoms with Crippen molar-refractivity contribution in [2.75, 3.05) is 36.9 Å². The number of nitrogens with one attached hydrogen (secondary N) is 3. The molecule has 1 saturated carbocycles. The molecule has 11 heteroatoms. The van der Waals surface area contributed by atoms with Crippen LogP contribution in [0.2, 0.25) is 0 Å². The molecule has 0 radical (unpaired) electrons. The number of ether oxygens (including phenoxy) is 1. The van der Waals surface area contributed by atoms with Crippen molar-refractivity contribution < 1.29 is 4.74 Å². The number of nitrogens with zero attached hydrogens (tertiary/aromatic N) is 7. The summed E-state index contributed by atoms with van der Waals surface area (Å²) in [4.78, 5) is 8.19. The summed E-state index contributed by atoms with van der Waals surface area (Å²) in [6, 6.07) is 6.28. The zero-order valence-corrected chi connectivity index (χ0v) is 16.8. The molecule has 1 aliphatic carbocycles. The van der Waals surface area contributed by atoms with Crippen molar-refractivity contribution in [2.45, 2.75) is 25.0 Å². The standard InChI is InChI=1S/C20H22N10O/c21-8-13-9-25-19(12-23-13)26-18-7-17(24-11-15-10-22-4-6-31-15)20(28-27-18)16-3-5-30(29-16)14-1-2-14/h3,5,7,9,12,14-15,22H,1-2,4,6,10-11H2,(H2,24,25,26,27). The predicted octanol–water partition coefficient (Wildman–Crippen LogP) is 1.48. The Bertz CT molecular complexity index is 1080. The Morgan fingerprint density at radius 2 is 2.16 bits per heavy atom. The van der Waals surface area contributed by atoms with E-state index in [2.05, 4.69) is 41.2 Å². The minimum absolute atomic E-state index is 0.0691. The summed E-state index contributed by atoms with van der Waals surface area (Å²) in [5.41, 5.74) is 2.50. The number of hydrogen-bond donors (Lipinski definition) is 3. The molecule has 1 saturated heterocycles. The number of rotatable bonds is 7. The summed E-state index contributed by atoms with van der Waals surface area (Å²) in [5, 5.41) is 32.1. The molecule has 5 rings (SSSR count). The van der Waals surface area contributed by atoms with Crippen LogP contribution in [0.25, 0.3) is 11.4 Å². The first-order valence-corrected chi connectivity index (χ1v) is 10.3. The molecule has 1 atom stereocenters. The van der Waals surface area contributed by atoms with Gasteiger partial charge in [0.2, 0.25) is 0 Å². The average Bonchev–Trinajstić information content (AvgIpc) is 3.56. The third-order valence-electron chi connectivity index (χ3n) is 5.11.